The largest absolute Gasteiger partial charge is 0.378 e. The zero-order valence-electron chi connectivity index (χ0n) is 12.1. The third-order valence-electron chi connectivity index (χ3n) is 4.03. The van der Waals surface area contributed by atoms with E-state index in [0.717, 1.165) is 45.5 Å². The van der Waals surface area contributed by atoms with Gasteiger partial charge < -0.3 is 15.4 Å². The first-order valence-electron chi connectivity index (χ1n) is 7.58. The van der Waals surface area contributed by atoms with Crippen molar-refractivity contribution in [1.82, 2.24) is 9.80 Å². The van der Waals surface area contributed by atoms with Crippen molar-refractivity contribution in [3.8, 4) is 0 Å². The van der Waals surface area contributed by atoms with Gasteiger partial charge in [0.05, 0.1) is 6.10 Å². The van der Waals surface area contributed by atoms with E-state index < -0.39 is 0 Å². The highest BCUT2D eigenvalue weighted by Crippen LogP contribution is 2.15. The fourth-order valence-corrected chi connectivity index (χ4v) is 2.75. The Morgan fingerprint density at radius 3 is 2.35 bits per heavy atom. The van der Waals surface area contributed by atoms with Crippen molar-refractivity contribution >= 4 is 11.8 Å². The molecule has 6 nitrogen and oxygen atoms in total. The van der Waals surface area contributed by atoms with Crippen LogP contribution in [0.25, 0.3) is 0 Å². The summed E-state index contributed by atoms with van der Waals surface area (Å²) in [6, 6.07) is 0. The molecule has 20 heavy (non-hydrogen) atoms. The first-order chi connectivity index (χ1) is 9.70. The van der Waals surface area contributed by atoms with Gasteiger partial charge in [-0.1, -0.05) is 0 Å². The minimum atomic E-state index is -0.0185. The highest BCUT2D eigenvalue weighted by atomic mass is 16.5. The number of ether oxygens (including phenoxy) is 1. The smallest absolute Gasteiger partial charge is 0.229 e. The van der Waals surface area contributed by atoms with Gasteiger partial charge in [-0.2, -0.15) is 0 Å². The molecule has 6 heteroatoms. The van der Waals surface area contributed by atoms with E-state index in [-0.39, 0.29) is 11.8 Å². The Balaban J connectivity index is 1.62. The molecule has 0 unspecified atom stereocenters. The first kappa shape index (κ1) is 15.4. The highest BCUT2D eigenvalue weighted by Gasteiger charge is 2.29. The number of amides is 2. The number of nitrogens with two attached hydrogens (primary N) is 1. The van der Waals surface area contributed by atoms with E-state index in [4.69, 9.17) is 10.5 Å². The van der Waals surface area contributed by atoms with Crippen molar-refractivity contribution in [2.24, 2.45) is 5.73 Å². The topological polar surface area (TPSA) is 75.9 Å². The number of likely N-dealkylation sites (tertiary alicyclic amines) is 2. The standard InChI is InChI=1S/C14H25N3O3/c15-6-1-11-20-12-4-7-16(8-5-12)9-10-17-13(18)2-3-14(17)19/h12H,1-11,15H2. The van der Waals surface area contributed by atoms with Gasteiger partial charge in [0.2, 0.25) is 11.8 Å². The van der Waals surface area contributed by atoms with Gasteiger partial charge in [0.25, 0.3) is 0 Å². The molecule has 2 amide bonds. The number of carbonyl (C=O) groups is 2. The molecular formula is C14H25N3O3. The molecule has 0 aromatic carbocycles. The molecule has 2 heterocycles. The maximum Gasteiger partial charge on any atom is 0.229 e. The minimum absolute atomic E-state index is 0.0185. The van der Waals surface area contributed by atoms with Crippen molar-refractivity contribution in [2.75, 3.05) is 39.3 Å². The van der Waals surface area contributed by atoms with E-state index in [0.29, 0.717) is 32.0 Å². The number of piperidine rings is 1. The van der Waals surface area contributed by atoms with Gasteiger partial charge in [-0.3, -0.25) is 14.5 Å². The fourth-order valence-electron chi connectivity index (χ4n) is 2.75. The third-order valence-corrected chi connectivity index (χ3v) is 4.03. The van der Waals surface area contributed by atoms with Crippen molar-refractivity contribution in [2.45, 2.75) is 38.2 Å². The zero-order chi connectivity index (χ0) is 14.4. The molecule has 0 aromatic rings. The molecule has 2 saturated heterocycles. The van der Waals surface area contributed by atoms with Gasteiger partial charge in [-0.05, 0) is 25.8 Å². The van der Waals surface area contributed by atoms with E-state index in [1.165, 1.54) is 4.90 Å². The minimum Gasteiger partial charge on any atom is -0.378 e. The predicted octanol–water partition coefficient (Wildman–Crippen LogP) is -0.0348. The second-order valence-corrected chi connectivity index (χ2v) is 5.49. The van der Waals surface area contributed by atoms with Crippen molar-refractivity contribution in [1.29, 1.82) is 0 Å². The van der Waals surface area contributed by atoms with E-state index in [1.54, 1.807) is 0 Å². The van der Waals surface area contributed by atoms with Crippen molar-refractivity contribution < 1.29 is 14.3 Å². The Morgan fingerprint density at radius 1 is 1.10 bits per heavy atom. The summed E-state index contributed by atoms with van der Waals surface area (Å²) in [6.07, 6.45) is 4.07. The summed E-state index contributed by atoms with van der Waals surface area (Å²) in [6.45, 7) is 4.70. The van der Waals surface area contributed by atoms with Crippen LogP contribution in [0.2, 0.25) is 0 Å². The molecule has 2 aliphatic heterocycles. The molecule has 0 bridgehead atoms. The number of carbonyl (C=O) groups excluding carboxylic acids is 2. The lowest BCUT2D eigenvalue weighted by Gasteiger charge is -2.32. The van der Waals surface area contributed by atoms with E-state index in [2.05, 4.69) is 4.90 Å². The molecule has 0 spiro atoms. The van der Waals surface area contributed by atoms with Crippen molar-refractivity contribution in [3.05, 3.63) is 0 Å². The molecule has 0 aliphatic carbocycles. The average molecular weight is 283 g/mol. The molecule has 0 saturated carbocycles. The van der Waals surface area contributed by atoms with Crippen LogP contribution in [0.5, 0.6) is 0 Å². The maximum atomic E-state index is 11.5. The van der Waals surface area contributed by atoms with Crippen LogP contribution in [0.15, 0.2) is 0 Å². The van der Waals surface area contributed by atoms with Gasteiger partial charge in [-0.15, -0.1) is 0 Å². The van der Waals surface area contributed by atoms with Crippen LogP contribution >= 0.6 is 0 Å². The SMILES string of the molecule is NCCCOC1CCN(CCN2C(=O)CCC2=O)CC1. The summed E-state index contributed by atoms with van der Waals surface area (Å²) in [5.74, 6) is -0.0370. The van der Waals surface area contributed by atoms with Gasteiger partial charge in [0, 0.05) is 45.6 Å². The highest BCUT2D eigenvalue weighted by molar-refractivity contribution is 6.01. The van der Waals surface area contributed by atoms with Crippen LogP contribution in [0.3, 0.4) is 0 Å². The van der Waals surface area contributed by atoms with Gasteiger partial charge in [0.15, 0.2) is 0 Å². The monoisotopic (exact) mass is 283 g/mol. The molecule has 0 aromatic heterocycles. The molecule has 114 valence electrons. The van der Waals surface area contributed by atoms with Crippen LogP contribution in [0.1, 0.15) is 32.1 Å². The lowest BCUT2D eigenvalue weighted by Crippen LogP contribution is -2.42. The molecule has 0 radical (unpaired) electrons. The van der Waals surface area contributed by atoms with Crippen LogP contribution < -0.4 is 5.73 Å². The Labute approximate surface area is 120 Å². The molecule has 2 fully saturated rings. The quantitative estimate of drug-likeness (QED) is 0.524. The number of imide groups is 1. The number of hydrogen-bond donors (Lipinski definition) is 1. The average Bonchev–Trinajstić information content (AvgIpc) is 2.78. The summed E-state index contributed by atoms with van der Waals surface area (Å²) in [5, 5.41) is 0. The normalized spacial score (nSPS) is 21.9. The summed E-state index contributed by atoms with van der Waals surface area (Å²) in [7, 11) is 0. The van der Waals surface area contributed by atoms with Crippen LogP contribution in [0.4, 0.5) is 0 Å². The number of nitrogens with zero attached hydrogens (tertiary/aromatic N) is 2. The molecule has 2 N–H and O–H groups in total. The second-order valence-electron chi connectivity index (χ2n) is 5.49. The lowest BCUT2D eigenvalue weighted by atomic mass is 10.1. The summed E-state index contributed by atoms with van der Waals surface area (Å²) >= 11 is 0. The van der Waals surface area contributed by atoms with Crippen LogP contribution in [-0.2, 0) is 14.3 Å². The second kappa shape index (κ2) is 7.71. The van der Waals surface area contributed by atoms with Crippen molar-refractivity contribution in [3.63, 3.8) is 0 Å². The molecule has 2 rings (SSSR count). The van der Waals surface area contributed by atoms with E-state index in [1.807, 2.05) is 0 Å². The maximum absolute atomic E-state index is 11.5. The van der Waals surface area contributed by atoms with E-state index >= 15 is 0 Å². The van der Waals surface area contributed by atoms with Crippen LogP contribution in [-0.4, -0.2) is 67.0 Å². The van der Waals surface area contributed by atoms with Gasteiger partial charge >= 0.3 is 0 Å². The van der Waals surface area contributed by atoms with Crippen LogP contribution in [0, 0.1) is 0 Å². The van der Waals surface area contributed by atoms with E-state index in [9.17, 15) is 9.59 Å². The molecular weight excluding hydrogens is 258 g/mol. The number of hydrogen-bond acceptors (Lipinski definition) is 5. The molecule has 0 atom stereocenters. The number of rotatable bonds is 7. The summed E-state index contributed by atoms with van der Waals surface area (Å²) in [5.41, 5.74) is 5.44. The zero-order valence-corrected chi connectivity index (χ0v) is 12.1. The summed E-state index contributed by atoms with van der Waals surface area (Å²) < 4.78 is 5.76. The fraction of sp³-hybridized carbons (Fsp3) is 0.857. The van der Waals surface area contributed by atoms with Gasteiger partial charge in [-0.25, -0.2) is 0 Å². The predicted molar refractivity (Wildman–Crippen MR) is 75.0 cm³/mol. The Morgan fingerprint density at radius 2 is 1.75 bits per heavy atom. The van der Waals surface area contributed by atoms with Gasteiger partial charge in [0.1, 0.15) is 0 Å². The summed E-state index contributed by atoms with van der Waals surface area (Å²) in [4.78, 5) is 26.7. The first-order valence-corrected chi connectivity index (χ1v) is 7.58. The Bertz CT molecular complexity index is 325. The molecule has 2 aliphatic rings. The lowest BCUT2D eigenvalue weighted by molar-refractivity contribution is -0.138. The Kier molecular flexibility index (Phi) is 5.94. The Hall–Kier alpha value is -0.980. The third kappa shape index (κ3) is 4.26.